The summed E-state index contributed by atoms with van der Waals surface area (Å²) < 4.78 is 5.81. The van der Waals surface area contributed by atoms with Gasteiger partial charge in [0.15, 0.2) is 0 Å². The molecule has 0 aromatic heterocycles. The van der Waals surface area contributed by atoms with E-state index in [9.17, 15) is 0 Å². The van der Waals surface area contributed by atoms with Crippen LogP contribution >= 0.6 is 35.0 Å². The van der Waals surface area contributed by atoms with Crippen LogP contribution < -0.4 is 5.32 Å². The van der Waals surface area contributed by atoms with Crippen molar-refractivity contribution < 1.29 is 4.74 Å². The van der Waals surface area contributed by atoms with Crippen LogP contribution in [0, 0.1) is 0 Å². The summed E-state index contributed by atoms with van der Waals surface area (Å²) in [5.41, 5.74) is 1.07. The normalized spacial score (nSPS) is 21.8. The molecule has 1 aliphatic rings. The number of nitrogens with one attached hydrogen (secondary N) is 1. The van der Waals surface area contributed by atoms with Crippen molar-refractivity contribution in [3.8, 4) is 0 Å². The van der Waals surface area contributed by atoms with Crippen molar-refractivity contribution in [2.24, 2.45) is 0 Å². The smallest absolute Gasteiger partial charge is 0.0821 e. The van der Waals surface area contributed by atoms with Crippen LogP contribution in [0.15, 0.2) is 18.2 Å². The van der Waals surface area contributed by atoms with Crippen molar-refractivity contribution in [1.82, 2.24) is 5.32 Å². The number of rotatable bonds is 4. The lowest BCUT2D eigenvalue weighted by molar-refractivity contribution is 0.0492. The summed E-state index contributed by atoms with van der Waals surface area (Å²) in [4.78, 5) is 0. The highest BCUT2D eigenvalue weighted by Crippen LogP contribution is 2.24. The first-order valence-corrected chi connectivity index (χ1v) is 7.92. The second kappa shape index (κ2) is 7.01. The molecule has 1 saturated heterocycles. The van der Waals surface area contributed by atoms with Gasteiger partial charge in [0.2, 0.25) is 0 Å². The van der Waals surface area contributed by atoms with E-state index in [1.807, 2.05) is 37.0 Å². The SMILES string of the molecule is CNC(Cc1cc(Cl)ccc1Cl)C1CSCCO1. The summed E-state index contributed by atoms with van der Waals surface area (Å²) in [6, 6.07) is 5.87. The number of thioether (sulfide) groups is 1. The third kappa shape index (κ3) is 3.78. The van der Waals surface area contributed by atoms with Gasteiger partial charge in [-0.1, -0.05) is 23.2 Å². The van der Waals surface area contributed by atoms with Crippen molar-refractivity contribution in [3.63, 3.8) is 0 Å². The summed E-state index contributed by atoms with van der Waals surface area (Å²) in [7, 11) is 1.96. The van der Waals surface area contributed by atoms with E-state index >= 15 is 0 Å². The first-order valence-electron chi connectivity index (χ1n) is 6.01. The molecule has 0 spiro atoms. The quantitative estimate of drug-likeness (QED) is 0.922. The van der Waals surface area contributed by atoms with Crippen LogP contribution in [0.2, 0.25) is 10.0 Å². The van der Waals surface area contributed by atoms with E-state index in [1.54, 1.807) is 0 Å². The molecular formula is C13H17Cl2NOS. The lowest BCUT2D eigenvalue weighted by atomic mass is 10.0. The molecule has 1 aromatic carbocycles. The Kier molecular flexibility index (Phi) is 5.64. The third-order valence-corrected chi connectivity index (χ3v) is 4.73. The minimum Gasteiger partial charge on any atom is -0.375 e. The molecule has 100 valence electrons. The first kappa shape index (κ1) is 14.5. The lowest BCUT2D eigenvalue weighted by Gasteiger charge is -2.30. The van der Waals surface area contributed by atoms with E-state index in [-0.39, 0.29) is 12.1 Å². The van der Waals surface area contributed by atoms with Gasteiger partial charge in [0.25, 0.3) is 0 Å². The van der Waals surface area contributed by atoms with Gasteiger partial charge >= 0.3 is 0 Å². The van der Waals surface area contributed by atoms with Crippen molar-refractivity contribution in [2.75, 3.05) is 25.2 Å². The highest BCUT2D eigenvalue weighted by Gasteiger charge is 2.24. The molecule has 1 fully saturated rings. The average molecular weight is 306 g/mol. The fourth-order valence-corrected chi connectivity index (χ4v) is 3.43. The Bertz CT molecular complexity index is 397. The fraction of sp³-hybridized carbons (Fsp3) is 0.538. The summed E-state index contributed by atoms with van der Waals surface area (Å²) in [6.07, 6.45) is 1.07. The zero-order valence-electron chi connectivity index (χ0n) is 10.3. The van der Waals surface area contributed by atoms with Crippen LogP contribution in [0.3, 0.4) is 0 Å². The van der Waals surface area contributed by atoms with Crippen LogP contribution in [-0.2, 0) is 11.2 Å². The summed E-state index contributed by atoms with van der Waals surface area (Å²) in [6.45, 7) is 0.830. The van der Waals surface area contributed by atoms with Gasteiger partial charge in [0.1, 0.15) is 0 Å². The molecule has 0 aliphatic carbocycles. The van der Waals surface area contributed by atoms with E-state index in [2.05, 4.69) is 5.32 Å². The van der Waals surface area contributed by atoms with Crippen LogP contribution in [0.25, 0.3) is 0 Å². The van der Waals surface area contributed by atoms with Gasteiger partial charge in [-0.25, -0.2) is 0 Å². The zero-order valence-corrected chi connectivity index (χ0v) is 12.6. The predicted molar refractivity (Wildman–Crippen MR) is 80.1 cm³/mol. The van der Waals surface area contributed by atoms with E-state index in [0.29, 0.717) is 0 Å². The first-order chi connectivity index (χ1) is 8.70. The topological polar surface area (TPSA) is 21.3 Å². The van der Waals surface area contributed by atoms with Crippen LogP contribution in [-0.4, -0.2) is 37.3 Å². The Balaban J connectivity index is 2.06. The maximum absolute atomic E-state index is 6.20. The Hall–Kier alpha value is 0.0700. The molecule has 0 bridgehead atoms. The molecule has 1 heterocycles. The second-order valence-electron chi connectivity index (χ2n) is 4.32. The van der Waals surface area contributed by atoms with Crippen LogP contribution in [0.1, 0.15) is 5.56 Å². The van der Waals surface area contributed by atoms with E-state index in [4.69, 9.17) is 27.9 Å². The van der Waals surface area contributed by atoms with Crippen LogP contribution in [0.5, 0.6) is 0 Å². The van der Waals surface area contributed by atoms with Crippen LogP contribution in [0.4, 0.5) is 0 Å². The molecule has 5 heteroatoms. The van der Waals surface area contributed by atoms with Gasteiger partial charge in [-0.2, -0.15) is 11.8 Å². The molecular weight excluding hydrogens is 289 g/mol. The van der Waals surface area contributed by atoms with Gasteiger partial charge in [0, 0.05) is 27.6 Å². The molecule has 2 rings (SSSR count). The molecule has 0 amide bonds. The van der Waals surface area contributed by atoms with Crippen molar-refractivity contribution in [1.29, 1.82) is 0 Å². The molecule has 1 aromatic rings. The Labute approximate surface area is 122 Å². The summed E-state index contributed by atoms with van der Waals surface area (Å²) >= 11 is 14.2. The zero-order chi connectivity index (χ0) is 13.0. The molecule has 2 nitrogen and oxygen atoms in total. The molecule has 0 radical (unpaired) electrons. The fourth-order valence-electron chi connectivity index (χ4n) is 2.09. The Morgan fingerprint density at radius 1 is 1.50 bits per heavy atom. The molecule has 2 atom stereocenters. The van der Waals surface area contributed by atoms with E-state index in [1.165, 1.54) is 0 Å². The number of likely N-dealkylation sites (N-methyl/N-ethyl adjacent to an activating group) is 1. The minimum absolute atomic E-state index is 0.240. The second-order valence-corrected chi connectivity index (χ2v) is 6.31. The van der Waals surface area contributed by atoms with Gasteiger partial charge in [-0.15, -0.1) is 0 Å². The molecule has 1 aliphatic heterocycles. The molecule has 2 unspecified atom stereocenters. The number of ether oxygens (including phenoxy) is 1. The van der Waals surface area contributed by atoms with Gasteiger partial charge in [-0.05, 0) is 37.2 Å². The van der Waals surface area contributed by atoms with Crippen molar-refractivity contribution >= 4 is 35.0 Å². The number of benzene rings is 1. The van der Waals surface area contributed by atoms with Crippen molar-refractivity contribution in [3.05, 3.63) is 33.8 Å². The largest absolute Gasteiger partial charge is 0.375 e. The van der Waals surface area contributed by atoms with Crippen molar-refractivity contribution in [2.45, 2.75) is 18.6 Å². The third-order valence-electron chi connectivity index (χ3n) is 3.11. The number of hydrogen-bond acceptors (Lipinski definition) is 3. The highest BCUT2D eigenvalue weighted by molar-refractivity contribution is 7.99. The van der Waals surface area contributed by atoms with E-state index < -0.39 is 0 Å². The predicted octanol–water partition coefficient (Wildman–Crippen LogP) is 3.26. The molecule has 0 saturated carbocycles. The summed E-state index contributed by atoms with van der Waals surface area (Å²) in [5, 5.41) is 4.82. The highest BCUT2D eigenvalue weighted by atomic mass is 35.5. The maximum Gasteiger partial charge on any atom is 0.0821 e. The van der Waals surface area contributed by atoms with Gasteiger partial charge in [-0.3, -0.25) is 0 Å². The van der Waals surface area contributed by atoms with E-state index in [0.717, 1.165) is 40.1 Å². The minimum atomic E-state index is 0.240. The lowest BCUT2D eigenvalue weighted by Crippen LogP contribution is -2.44. The van der Waals surface area contributed by atoms with Gasteiger partial charge in [0.05, 0.1) is 12.7 Å². The average Bonchev–Trinajstić information content (AvgIpc) is 2.41. The monoisotopic (exact) mass is 305 g/mol. The van der Waals surface area contributed by atoms with Gasteiger partial charge < -0.3 is 10.1 Å². The Morgan fingerprint density at radius 3 is 3.00 bits per heavy atom. The molecule has 1 N–H and O–H groups in total. The maximum atomic E-state index is 6.20. The Morgan fingerprint density at radius 2 is 2.33 bits per heavy atom. The standard InChI is InChI=1S/C13H17Cl2NOS/c1-16-12(13-8-18-5-4-17-13)7-9-6-10(14)2-3-11(9)15/h2-3,6,12-13,16H,4-5,7-8H2,1H3. The number of hydrogen-bond donors (Lipinski definition) is 1. The number of halogens is 2. The summed E-state index contributed by atoms with van der Waals surface area (Å²) in [5.74, 6) is 2.12. The molecule has 18 heavy (non-hydrogen) atoms.